The van der Waals surface area contributed by atoms with Gasteiger partial charge < -0.3 is 4.98 Å². The molecule has 0 saturated carbocycles. The molecule has 0 spiro atoms. The van der Waals surface area contributed by atoms with Crippen LogP contribution in [-0.2, 0) is 26.3 Å². The van der Waals surface area contributed by atoms with Gasteiger partial charge in [0, 0.05) is 33.4 Å². The van der Waals surface area contributed by atoms with E-state index in [1.165, 1.54) is 11.6 Å². The molecule has 3 aromatic rings. The van der Waals surface area contributed by atoms with Gasteiger partial charge in [-0.25, -0.2) is 14.2 Å². The third-order valence-corrected chi connectivity index (χ3v) is 5.29. The number of aryl methyl sites for hydroxylation is 1. The van der Waals surface area contributed by atoms with Gasteiger partial charge in [-0.15, -0.1) is 0 Å². The van der Waals surface area contributed by atoms with E-state index in [4.69, 9.17) is 0 Å². The third kappa shape index (κ3) is 2.97. The van der Waals surface area contributed by atoms with Gasteiger partial charge in [-0.05, 0) is 25.0 Å². The lowest BCUT2D eigenvalue weighted by Gasteiger charge is -2.35. The molecule has 1 aliphatic heterocycles. The van der Waals surface area contributed by atoms with Gasteiger partial charge in [0.25, 0.3) is 5.56 Å². The predicted octanol–water partition coefficient (Wildman–Crippen LogP) is 0.816. The van der Waals surface area contributed by atoms with Gasteiger partial charge in [-0.3, -0.25) is 23.8 Å². The van der Waals surface area contributed by atoms with Gasteiger partial charge in [0.2, 0.25) is 0 Å². The number of hydrogen-bond donors (Lipinski definition) is 1. The number of aromatic amines is 1. The molecule has 4 heterocycles. The summed E-state index contributed by atoms with van der Waals surface area (Å²) in [6.45, 7) is 1.58. The fourth-order valence-corrected chi connectivity index (χ4v) is 3.61. The number of nitrogens with one attached hydrogen (secondary N) is 1. The number of H-pyrrole nitrogens is 1. The zero-order chi connectivity index (χ0) is 19.2. The quantitative estimate of drug-likeness (QED) is 0.735. The first kappa shape index (κ1) is 17.6. The number of aromatic nitrogens is 5. The molecule has 1 aliphatic rings. The zero-order valence-electron chi connectivity index (χ0n) is 15.3. The summed E-state index contributed by atoms with van der Waals surface area (Å²) in [6, 6.07) is 5.31. The molecule has 1 saturated heterocycles. The summed E-state index contributed by atoms with van der Waals surface area (Å²) in [5, 5.41) is 0. The molecule has 0 amide bonds. The number of fused-ring (bicyclic) bond motifs is 1. The first-order valence-corrected chi connectivity index (χ1v) is 8.86. The van der Waals surface area contributed by atoms with Crippen molar-refractivity contribution in [2.45, 2.75) is 25.1 Å². The van der Waals surface area contributed by atoms with Crippen molar-refractivity contribution in [1.29, 1.82) is 0 Å². The number of hydrogen-bond acceptors (Lipinski definition) is 5. The molecular weight excluding hydrogens is 351 g/mol. The summed E-state index contributed by atoms with van der Waals surface area (Å²) >= 11 is 0. The highest BCUT2D eigenvalue weighted by atomic mass is 19.1. The number of nitrogens with zero attached hydrogens (tertiary/aromatic N) is 5. The van der Waals surface area contributed by atoms with Crippen molar-refractivity contribution in [1.82, 2.24) is 29.0 Å². The van der Waals surface area contributed by atoms with Crippen LogP contribution in [0.2, 0.25) is 0 Å². The maximum Gasteiger partial charge on any atom is 0.332 e. The maximum absolute atomic E-state index is 15.2. The monoisotopic (exact) mass is 372 g/mol. The zero-order valence-corrected chi connectivity index (χ0v) is 15.3. The molecule has 8 nitrogen and oxygen atoms in total. The van der Waals surface area contributed by atoms with E-state index < -0.39 is 16.9 Å². The second-order valence-corrected chi connectivity index (χ2v) is 7.04. The lowest BCUT2D eigenvalue weighted by atomic mass is 9.89. The molecular formula is C18H21FN6O2. The van der Waals surface area contributed by atoms with Crippen LogP contribution in [0.5, 0.6) is 0 Å². The Hall–Kier alpha value is -2.81. The van der Waals surface area contributed by atoms with E-state index in [2.05, 4.69) is 19.9 Å². The molecule has 9 heteroatoms. The van der Waals surface area contributed by atoms with Crippen LogP contribution in [-0.4, -0.2) is 42.1 Å². The minimum absolute atomic E-state index is 0.305. The van der Waals surface area contributed by atoms with E-state index in [0.717, 1.165) is 4.57 Å². The Bertz CT molecular complexity index is 1090. The highest BCUT2D eigenvalue weighted by Gasteiger charge is 2.37. The topological polar surface area (TPSA) is 88.8 Å². The molecule has 4 rings (SSSR count). The Morgan fingerprint density at radius 2 is 1.93 bits per heavy atom. The van der Waals surface area contributed by atoms with Crippen LogP contribution in [0.15, 0.2) is 34.0 Å². The molecule has 0 aromatic carbocycles. The Morgan fingerprint density at radius 1 is 1.19 bits per heavy atom. The molecule has 0 aliphatic carbocycles. The van der Waals surface area contributed by atoms with Crippen molar-refractivity contribution in [3.63, 3.8) is 0 Å². The fourth-order valence-electron chi connectivity index (χ4n) is 3.61. The first-order valence-electron chi connectivity index (χ1n) is 8.86. The number of imidazole rings is 1. The van der Waals surface area contributed by atoms with Crippen molar-refractivity contribution >= 4 is 11.2 Å². The number of piperidine rings is 1. The van der Waals surface area contributed by atoms with E-state index >= 15 is 4.39 Å². The molecule has 1 fully saturated rings. The summed E-state index contributed by atoms with van der Waals surface area (Å²) in [5.74, 6) is 0.590. The summed E-state index contributed by atoms with van der Waals surface area (Å²) < 4.78 is 17.6. The van der Waals surface area contributed by atoms with Crippen molar-refractivity contribution < 1.29 is 4.39 Å². The minimum Gasteiger partial charge on any atom is -0.335 e. The normalized spacial score (nSPS) is 17.4. The number of pyridine rings is 1. The van der Waals surface area contributed by atoms with Crippen LogP contribution < -0.4 is 11.2 Å². The Balaban J connectivity index is 1.53. The number of halogens is 1. The van der Waals surface area contributed by atoms with Gasteiger partial charge >= 0.3 is 5.69 Å². The average molecular weight is 372 g/mol. The SMILES string of the molecule is Cn1c(=O)c2[nH]c(CN3CCC(F)(c4ccccn4)CC3)nc2n(C)c1=O. The standard InChI is InChI=1S/C18H21FN6O2/c1-23-15-14(16(26)24(2)17(23)27)21-13(22-15)11-25-9-6-18(19,7-10-25)12-5-3-4-8-20-12/h3-5,8H,6-7,9-11H2,1-2H3,(H,21,22). The second-order valence-electron chi connectivity index (χ2n) is 7.04. The van der Waals surface area contributed by atoms with E-state index in [-0.39, 0.29) is 0 Å². The molecule has 1 N–H and O–H groups in total. The lowest BCUT2D eigenvalue weighted by molar-refractivity contribution is 0.0481. The number of alkyl halides is 1. The molecule has 27 heavy (non-hydrogen) atoms. The van der Waals surface area contributed by atoms with Gasteiger partial charge in [-0.2, -0.15) is 0 Å². The highest BCUT2D eigenvalue weighted by molar-refractivity contribution is 5.69. The number of likely N-dealkylation sites (tertiary alicyclic amines) is 1. The summed E-state index contributed by atoms with van der Waals surface area (Å²) in [4.78, 5) is 38.0. The Kier molecular flexibility index (Phi) is 4.18. The summed E-state index contributed by atoms with van der Waals surface area (Å²) in [6.07, 6.45) is 2.32. The largest absolute Gasteiger partial charge is 0.335 e. The van der Waals surface area contributed by atoms with Crippen molar-refractivity contribution in [3.8, 4) is 0 Å². The lowest BCUT2D eigenvalue weighted by Crippen LogP contribution is -2.40. The minimum atomic E-state index is -1.41. The summed E-state index contributed by atoms with van der Waals surface area (Å²) in [7, 11) is 3.02. The van der Waals surface area contributed by atoms with Crippen LogP contribution in [0, 0.1) is 0 Å². The van der Waals surface area contributed by atoms with Crippen molar-refractivity contribution in [3.05, 3.63) is 56.8 Å². The average Bonchev–Trinajstić information content (AvgIpc) is 3.11. The molecule has 0 radical (unpaired) electrons. The van der Waals surface area contributed by atoms with Crippen molar-refractivity contribution in [2.24, 2.45) is 14.1 Å². The molecule has 0 atom stereocenters. The van der Waals surface area contributed by atoms with Crippen LogP contribution in [0.25, 0.3) is 11.2 Å². The van der Waals surface area contributed by atoms with E-state index in [0.29, 0.717) is 55.2 Å². The highest BCUT2D eigenvalue weighted by Crippen LogP contribution is 2.35. The summed E-state index contributed by atoms with van der Waals surface area (Å²) in [5.41, 5.74) is -1.11. The van der Waals surface area contributed by atoms with E-state index in [1.807, 2.05) is 0 Å². The second kappa shape index (κ2) is 6.41. The molecule has 3 aromatic heterocycles. The Morgan fingerprint density at radius 3 is 2.59 bits per heavy atom. The molecule has 0 unspecified atom stereocenters. The van der Waals surface area contributed by atoms with Crippen LogP contribution in [0.3, 0.4) is 0 Å². The number of rotatable bonds is 3. The van der Waals surface area contributed by atoms with Gasteiger partial charge in [0.1, 0.15) is 11.3 Å². The van der Waals surface area contributed by atoms with E-state index in [1.54, 1.807) is 31.4 Å². The van der Waals surface area contributed by atoms with Crippen LogP contribution in [0.4, 0.5) is 4.39 Å². The molecule has 142 valence electrons. The van der Waals surface area contributed by atoms with E-state index in [9.17, 15) is 9.59 Å². The predicted molar refractivity (Wildman–Crippen MR) is 98.1 cm³/mol. The maximum atomic E-state index is 15.2. The smallest absolute Gasteiger partial charge is 0.332 e. The van der Waals surface area contributed by atoms with Crippen molar-refractivity contribution in [2.75, 3.05) is 13.1 Å². The fraction of sp³-hybridized carbons (Fsp3) is 0.444. The molecule has 0 bridgehead atoms. The first-order chi connectivity index (χ1) is 12.9. The van der Waals surface area contributed by atoms with Crippen LogP contribution >= 0.6 is 0 Å². The third-order valence-electron chi connectivity index (χ3n) is 5.29. The Labute approximate surface area is 154 Å². The van der Waals surface area contributed by atoms with Gasteiger partial charge in [-0.1, -0.05) is 6.07 Å². The van der Waals surface area contributed by atoms with Gasteiger partial charge in [0.05, 0.1) is 12.2 Å². The van der Waals surface area contributed by atoms with Gasteiger partial charge in [0.15, 0.2) is 11.3 Å². The van der Waals surface area contributed by atoms with Crippen LogP contribution in [0.1, 0.15) is 24.4 Å².